The van der Waals surface area contributed by atoms with Crippen LogP contribution in [0.3, 0.4) is 0 Å². The molecule has 0 bridgehead atoms. The zero-order valence-electron chi connectivity index (χ0n) is 9.51. The van der Waals surface area contributed by atoms with Crippen LogP contribution in [0.1, 0.15) is 0 Å². The van der Waals surface area contributed by atoms with Crippen LogP contribution in [0.4, 0.5) is 0 Å². The number of benzene rings is 1. The van der Waals surface area contributed by atoms with Gasteiger partial charge in [-0.25, -0.2) is 9.59 Å². The molecule has 5 heteroatoms. The van der Waals surface area contributed by atoms with E-state index in [0.29, 0.717) is 0 Å². The van der Waals surface area contributed by atoms with Crippen molar-refractivity contribution in [3.63, 3.8) is 0 Å². The summed E-state index contributed by atoms with van der Waals surface area (Å²) < 4.78 is 9.07. The van der Waals surface area contributed by atoms with Crippen LogP contribution in [0, 0.1) is 0 Å². The number of hydrogen-bond donors (Lipinski definition) is 0. The van der Waals surface area contributed by atoms with Crippen LogP contribution in [-0.4, -0.2) is 26.2 Å². The van der Waals surface area contributed by atoms with Crippen LogP contribution < -0.4 is 0 Å². The number of carbonyl (C=O) groups excluding carboxylic acids is 2. The van der Waals surface area contributed by atoms with Crippen molar-refractivity contribution < 1.29 is 19.1 Å². The first-order chi connectivity index (χ1) is 8.17. The summed E-state index contributed by atoms with van der Waals surface area (Å²) in [6, 6.07) is 9.22. The molecule has 0 saturated heterocycles. The van der Waals surface area contributed by atoms with Gasteiger partial charge in [0.2, 0.25) is 0 Å². The molecule has 1 rings (SSSR count). The average Bonchev–Trinajstić information content (AvgIpc) is 2.38. The number of hydrogen-bond acceptors (Lipinski definition) is 5. The predicted octanol–water partition coefficient (Wildman–Crippen LogP) is 2.01. The Bertz CT molecular complexity index is 425. The summed E-state index contributed by atoms with van der Waals surface area (Å²) in [6.07, 6.45) is 1.11. The molecular formula is C12H12O4S. The van der Waals surface area contributed by atoms with Crippen LogP contribution in [0.15, 0.2) is 46.2 Å². The van der Waals surface area contributed by atoms with E-state index in [4.69, 9.17) is 0 Å². The lowest BCUT2D eigenvalue weighted by molar-refractivity contribution is -0.137. The van der Waals surface area contributed by atoms with Gasteiger partial charge in [0.05, 0.1) is 14.2 Å². The monoisotopic (exact) mass is 252 g/mol. The van der Waals surface area contributed by atoms with Crippen molar-refractivity contribution in [2.45, 2.75) is 4.90 Å². The standard InChI is InChI=1S/C12H12O4S/c1-15-11(13)8-10(12(14)16-2)17-9-6-4-3-5-7-9/h3-8H,1-2H3/b10-8-. The van der Waals surface area contributed by atoms with E-state index in [1.54, 1.807) is 0 Å². The largest absolute Gasteiger partial charge is 0.466 e. The zero-order chi connectivity index (χ0) is 12.7. The van der Waals surface area contributed by atoms with Crippen molar-refractivity contribution in [3.8, 4) is 0 Å². The minimum Gasteiger partial charge on any atom is -0.466 e. The van der Waals surface area contributed by atoms with E-state index in [-0.39, 0.29) is 4.91 Å². The molecule has 90 valence electrons. The Balaban J connectivity index is 2.89. The maximum absolute atomic E-state index is 11.4. The van der Waals surface area contributed by atoms with Gasteiger partial charge in [0, 0.05) is 11.0 Å². The molecule has 1 aromatic carbocycles. The first-order valence-electron chi connectivity index (χ1n) is 4.78. The topological polar surface area (TPSA) is 52.6 Å². The second-order valence-electron chi connectivity index (χ2n) is 2.94. The number of thioether (sulfide) groups is 1. The van der Waals surface area contributed by atoms with E-state index in [9.17, 15) is 9.59 Å². The average molecular weight is 252 g/mol. The summed E-state index contributed by atoms with van der Waals surface area (Å²) in [5, 5.41) is 0. The SMILES string of the molecule is COC(=O)/C=C(\Sc1ccccc1)C(=O)OC. The van der Waals surface area contributed by atoms with Crippen LogP contribution in [0.25, 0.3) is 0 Å². The lowest BCUT2D eigenvalue weighted by Crippen LogP contribution is -2.05. The number of rotatable bonds is 4. The zero-order valence-corrected chi connectivity index (χ0v) is 10.3. The molecule has 0 N–H and O–H groups in total. The highest BCUT2D eigenvalue weighted by Crippen LogP contribution is 2.27. The van der Waals surface area contributed by atoms with Gasteiger partial charge in [-0.05, 0) is 12.1 Å². The summed E-state index contributed by atoms with van der Waals surface area (Å²) in [7, 11) is 2.51. The molecule has 0 fully saturated rings. The molecule has 17 heavy (non-hydrogen) atoms. The molecule has 0 heterocycles. The highest BCUT2D eigenvalue weighted by atomic mass is 32.2. The van der Waals surface area contributed by atoms with Gasteiger partial charge in [0.15, 0.2) is 0 Å². The summed E-state index contributed by atoms with van der Waals surface area (Å²) in [5.74, 6) is -1.15. The van der Waals surface area contributed by atoms with E-state index < -0.39 is 11.9 Å². The summed E-state index contributed by atoms with van der Waals surface area (Å²) in [4.78, 5) is 23.6. The second kappa shape index (κ2) is 6.75. The highest BCUT2D eigenvalue weighted by Gasteiger charge is 2.13. The molecular weight excluding hydrogens is 240 g/mol. The van der Waals surface area contributed by atoms with E-state index in [1.807, 2.05) is 30.3 Å². The number of methoxy groups -OCH3 is 2. The highest BCUT2D eigenvalue weighted by molar-refractivity contribution is 8.04. The molecule has 4 nitrogen and oxygen atoms in total. The molecule has 0 spiro atoms. The van der Waals surface area contributed by atoms with Crippen LogP contribution in [-0.2, 0) is 19.1 Å². The fourth-order valence-electron chi connectivity index (χ4n) is 1.01. The van der Waals surface area contributed by atoms with E-state index in [1.165, 1.54) is 14.2 Å². The van der Waals surface area contributed by atoms with Crippen molar-refractivity contribution >= 4 is 23.7 Å². The molecule has 0 aliphatic carbocycles. The summed E-state index contributed by atoms with van der Waals surface area (Å²) >= 11 is 1.15. The van der Waals surface area contributed by atoms with Gasteiger partial charge < -0.3 is 9.47 Å². The third-order valence-electron chi connectivity index (χ3n) is 1.81. The first-order valence-corrected chi connectivity index (χ1v) is 5.60. The fraction of sp³-hybridized carbons (Fsp3) is 0.167. The van der Waals surface area contributed by atoms with E-state index in [2.05, 4.69) is 9.47 Å². The van der Waals surface area contributed by atoms with Gasteiger partial charge in [-0.1, -0.05) is 30.0 Å². The first kappa shape index (κ1) is 13.3. The maximum atomic E-state index is 11.4. The number of esters is 2. The Labute approximate surface area is 104 Å². The van der Waals surface area contributed by atoms with Crippen molar-refractivity contribution in [1.29, 1.82) is 0 Å². The Kier molecular flexibility index (Phi) is 5.29. The number of ether oxygens (including phenoxy) is 2. The van der Waals surface area contributed by atoms with Gasteiger partial charge in [0.1, 0.15) is 4.91 Å². The van der Waals surface area contributed by atoms with Gasteiger partial charge in [-0.15, -0.1) is 0 Å². The Morgan fingerprint density at radius 3 is 2.29 bits per heavy atom. The molecule has 0 aliphatic rings. The van der Waals surface area contributed by atoms with Gasteiger partial charge in [0.25, 0.3) is 0 Å². The van der Waals surface area contributed by atoms with Gasteiger partial charge >= 0.3 is 11.9 Å². The van der Waals surface area contributed by atoms with Crippen molar-refractivity contribution in [1.82, 2.24) is 0 Å². The van der Waals surface area contributed by atoms with Crippen LogP contribution in [0.2, 0.25) is 0 Å². The molecule has 0 aliphatic heterocycles. The lowest BCUT2D eigenvalue weighted by atomic mass is 10.4. The Hall–Kier alpha value is -1.75. The van der Waals surface area contributed by atoms with Crippen molar-refractivity contribution in [2.75, 3.05) is 14.2 Å². The molecule has 0 amide bonds. The van der Waals surface area contributed by atoms with Crippen LogP contribution in [0.5, 0.6) is 0 Å². The lowest BCUT2D eigenvalue weighted by Gasteiger charge is -2.04. The second-order valence-corrected chi connectivity index (χ2v) is 4.05. The quantitative estimate of drug-likeness (QED) is 0.466. The van der Waals surface area contributed by atoms with Gasteiger partial charge in [-0.2, -0.15) is 0 Å². The number of carbonyl (C=O) groups is 2. The molecule has 1 aromatic rings. The van der Waals surface area contributed by atoms with Crippen LogP contribution >= 0.6 is 11.8 Å². The summed E-state index contributed by atoms with van der Waals surface area (Å²) in [5.41, 5.74) is 0. The van der Waals surface area contributed by atoms with Crippen molar-refractivity contribution in [3.05, 3.63) is 41.3 Å². The Morgan fingerprint density at radius 1 is 1.12 bits per heavy atom. The predicted molar refractivity (Wildman–Crippen MR) is 64.4 cm³/mol. The maximum Gasteiger partial charge on any atom is 0.344 e. The molecule has 0 atom stereocenters. The van der Waals surface area contributed by atoms with E-state index >= 15 is 0 Å². The van der Waals surface area contributed by atoms with E-state index in [0.717, 1.165) is 22.7 Å². The molecule has 0 saturated carbocycles. The molecule has 0 radical (unpaired) electrons. The van der Waals surface area contributed by atoms with Crippen molar-refractivity contribution in [2.24, 2.45) is 0 Å². The minimum atomic E-state index is -0.589. The third-order valence-corrected chi connectivity index (χ3v) is 2.82. The third kappa shape index (κ3) is 4.32. The fourth-order valence-corrected chi connectivity index (χ4v) is 1.88. The smallest absolute Gasteiger partial charge is 0.344 e. The minimum absolute atomic E-state index is 0.186. The normalized spacial score (nSPS) is 10.8. The molecule has 0 unspecified atom stereocenters. The Morgan fingerprint density at radius 2 is 1.76 bits per heavy atom. The van der Waals surface area contributed by atoms with Gasteiger partial charge in [-0.3, -0.25) is 0 Å². The molecule has 0 aromatic heterocycles. The summed E-state index contributed by atoms with van der Waals surface area (Å²) in [6.45, 7) is 0.